The zero-order valence-corrected chi connectivity index (χ0v) is 22.9. The molecule has 2 rings (SSSR count). The van der Waals surface area contributed by atoms with E-state index in [-0.39, 0.29) is 10.8 Å². The Hall–Kier alpha value is -1.96. The Labute approximate surface area is 210 Å². The van der Waals surface area contributed by atoms with Gasteiger partial charge in [0.05, 0.1) is 13.2 Å². The topological polar surface area (TPSA) is 18.5 Å². The first-order valence-corrected chi connectivity index (χ1v) is 13.7. The fraction of sp³-hybridized carbons (Fsp3) is 0.625. The molecule has 0 aliphatic heterocycles. The molecule has 0 bridgehead atoms. The minimum atomic E-state index is 0.230. The van der Waals surface area contributed by atoms with Crippen molar-refractivity contribution in [1.29, 1.82) is 0 Å². The third-order valence-electron chi connectivity index (χ3n) is 7.16. The van der Waals surface area contributed by atoms with Crippen LogP contribution in [0.15, 0.2) is 48.5 Å². The van der Waals surface area contributed by atoms with E-state index in [1.54, 1.807) is 0 Å². The zero-order chi connectivity index (χ0) is 24.9. The number of ether oxygens (including phenoxy) is 2. The highest BCUT2D eigenvalue weighted by atomic mass is 16.5. The van der Waals surface area contributed by atoms with Crippen LogP contribution in [-0.2, 0) is 10.8 Å². The van der Waals surface area contributed by atoms with Crippen LogP contribution < -0.4 is 9.47 Å². The van der Waals surface area contributed by atoms with E-state index in [9.17, 15) is 0 Å². The quantitative estimate of drug-likeness (QED) is 0.216. The number of hydrogen-bond donors (Lipinski definition) is 0. The number of benzene rings is 2. The smallest absolute Gasteiger partial charge is 0.119 e. The molecule has 0 aromatic heterocycles. The van der Waals surface area contributed by atoms with Gasteiger partial charge in [-0.1, -0.05) is 104 Å². The van der Waals surface area contributed by atoms with Crippen molar-refractivity contribution in [2.24, 2.45) is 0 Å². The van der Waals surface area contributed by atoms with E-state index in [1.165, 1.54) is 62.5 Å². The maximum Gasteiger partial charge on any atom is 0.119 e. The van der Waals surface area contributed by atoms with E-state index in [4.69, 9.17) is 9.47 Å². The van der Waals surface area contributed by atoms with Gasteiger partial charge in [-0.15, -0.1) is 0 Å². The summed E-state index contributed by atoms with van der Waals surface area (Å²) in [6, 6.07) is 17.4. The first kappa shape index (κ1) is 28.3. The predicted molar refractivity (Wildman–Crippen MR) is 147 cm³/mol. The molecular formula is C32H50O2. The van der Waals surface area contributed by atoms with E-state index in [0.29, 0.717) is 0 Å². The molecule has 0 atom stereocenters. The Balaban J connectivity index is 1.66. The van der Waals surface area contributed by atoms with Crippen molar-refractivity contribution >= 4 is 0 Å². The molecule has 34 heavy (non-hydrogen) atoms. The summed E-state index contributed by atoms with van der Waals surface area (Å²) in [7, 11) is 0. The molecule has 0 spiro atoms. The van der Waals surface area contributed by atoms with Crippen molar-refractivity contribution in [2.75, 3.05) is 13.2 Å². The maximum atomic E-state index is 5.96. The summed E-state index contributed by atoms with van der Waals surface area (Å²) in [5, 5.41) is 0. The van der Waals surface area contributed by atoms with Gasteiger partial charge in [0.15, 0.2) is 0 Å². The van der Waals surface area contributed by atoms with Gasteiger partial charge in [0.2, 0.25) is 0 Å². The van der Waals surface area contributed by atoms with Crippen molar-refractivity contribution < 1.29 is 9.47 Å². The minimum absolute atomic E-state index is 0.230. The molecule has 0 amide bonds. The lowest BCUT2D eigenvalue weighted by Gasteiger charge is -2.25. The molecule has 0 fully saturated rings. The van der Waals surface area contributed by atoms with Gasteiger partial charge in [0.25, 0.3) is 0 Å². The van der Waals surface area contributed by atoms with E-state index >= 15 is 0 Å². The standard InChI is InChI=1S/C32H50O2/c1-7-9-11-23-31(3,4)27-15-19-29(20-16-27)33-25-13-14-26-34-30-21-17-28(18-22-30)32(5,6)24-12-10-8-2/h15-22H,7-14,23-26H2,1-6H3. The van der Waals surface area contributed by atoms with Crippen molar-refractivity contribution in [2.45, 2.75) is 117 Å². The first-order valence-electron chi connectivity index (χ1n) is 13.7. The molecule has 2 aromatic rings. The number of rotatable bonds is 17. The summed E-state index contributed by atoms with van der Waals surface area (Å²) in [6.45, 7) is 15.4. The van der Waals surface area contributed by atoms with Crippen LogP contribution in [0, 0.1) is 0 Å². The van der Waals surface area contributed by atoms with Gasteiger partial charge in [-0.05, 0) is 71.9 Å². The average molecular weight is 467 g/mol. The molecule has 0 saturated heterocycles. The van der Waals surface area contributed by atoms with Crippen LogP contribution in [0.25, 0.3) is 0 Å². The fourth-order valence-corrected chi connectivity index (χ4v) is 4.51. The second-order valence-corrected chi connectivity index (χ2v) is 11.1. The van der Waals surface area contributed by atoms with Crippen LogP contribution in [0.1, 0.15) is 117 Å². The van der Waals surface area contributed by atoms with Gasteiger partial charge in [0.1, 0.15) is 11.5 Å². The van der Waals surface area contributed by atoms with Gasteiger partial charge in [-0.3, -0.25) is 0 Å². The third kappa shape index (κ3) is 9.72. The Bertz CT molecular complexity index is 717. The predicted octanol–water partition coefficient (Wildman–Crippen LogP) is 9.64. The van der Waals surface area contributed by atoms with Gasteiger partial charge in [0, 0.05) is 0 Å². The van der Waals surface area contributed by atoms with Crippen LogP contribution in [0.4, 0.5) is 0 Å². The van der Waals surface area contributed by atoms with Gasteiger partial charge in [-0.2, -0.15) is 0 Å². The molecule has 0 aliphatic rings. The molecule has 2 aromatic carbocycles. The summed E-state index contributed by atoms with van der Waals surface area (Å²) in [4.78, 5) is 0. The number of hydrogen-bond acceptors (Lipinski definition) is 2. The van der Waals surface area contributed by atoms with E-state index in [0.717, 1.165) is 37.6 Å². The maximum absolute atomic E-state index is 5.96. The SMILES string of the molecule is CCCCCC(C)(C)c1ccc(OCCCCOc2ccc(C(C)(C)CCCCC)cc2)cc1. The van der Waals surface area contributed by atoms with Crippen molar-refractivity contribution in [3.8, 4) is 11.5 Å². The molecule has 0 saturated carbocycles. The Morgan fingerprint density at radius 3 is 1.18 bits per heavy atom. The zero-order valence-electron chi connectivity index (χ0n) is 22.9. The van der Waals surface area contributed by atoms with Gasteiger partial charge >= 0.3 is 0 Å². The van der Waals surface area contributed by atoms with Crippen LogP contribution >= 0.6 is 0 Å². The normalized spacial score (nSPS) is 12.1. The van der Waals surface area contributed by atoms with Crippen molar-refractivity contribution in [3.63, 3.8) is 0 Å². The highest BCUT2D eigenvalue weighted by molar-refractivity contribution is 5.32. The highest BCUT2D eigenvalue weighted by Gasteiger charge is 2.20. The van der Waals surface area contributed by atoms with Crippen molar-refractivity contribution in [3.05, 3.63) is 59.7 Å². The van der Waals surface area contributed by atoms with Crippen LogP contribution in [0.3, 0.4) is 0 Å². The van der Waals surface area contributed by atoms with Crippen LogP contribution in [0.5, 0.6) is 11.5 Å². The second-order valence-electron chi connectivity index (χ2n) is 11.1. The van der Waals surface area contributed by atoms with E-state index in [2.05, 4.69) is 90.1 Å². The third-order valence-corrected chi connectivity index (χ3v) is 7.16. The Morgan fingerprint density at radius 1 is 0.500 bits per heavy atom. The lowest BCUT2D eigenvalue weighted by Crippen LogP contribution is -2.16. The summed E-state index contributed by atoms with van der Waals surface area (Å²) < 4.78 is 11.9. The molecule has 190 valence electrons. The Kier molecular flexibility index (Phi) is 12.0. The Morgan fingerprint density at radius 2 is 0.853 bits per heavy atom. The molecule has 0 N–H and O–H groups in total. The molecule has 0 radical (unpaired) electrons. The molecule has 2 nitrogen and oxygen atoms in total. The van der Waals surface area contributed by atoms with Gasteiger partial charge in [-0.25, -0.2) is 0 Å². The largest absolute Gasteiger partial charge is 0.494 e. The molecule has 0 unspecified atom stereocenters. The summed E-state index contributed by atoms with van der Waals surface area (Å²) in [5.41, 5.74) is 3.27. The van der Waals surface area contributed by atoms with Crippen molar-refractivity contribution in [1.82, 2.24) is 0 Å². The fourth-order valence-electron chi connectivity index (χ4n) is 4.51. The lowest BCUT2D eigenvalue weighted by molar-refractivity contribution is 0.266. The molecular weight excluding hydrogens is 416 g/mol. The monoisotopic (exact) mass is 466 g/mol. The summed E-state index contributed by atoms with van der Waals surface area (Å²) in [5.74, 6) is 1.93. The minimum Gasteiger partial charge on any atom is -0.494 e. The van der Waals surface area contributed by atoms with Crippen LogP contribution in [0.2, 0.25) is 0 Å². The summed E-state index contributed by atoms with van der Waals surface area (Å²) >= 11 is 0. The average Bonchev–Trinajstić information content (AvgIpc) is 2.82. The van der Waals surface area contributed by atoms with E-state index < -0.39 is 0 Å². The van der Waals surface area contributed by atoms with Gasteiger partial charge < -0.3 is 9.47 Å². The first-order chi connectivity index (χ1) is 16.3. The molecule has 0 heterocycles. The van der Waals surface area contributed by atoms with E-state index in [1.807, 2.05) is 0 Å². The highest BCUT2D eigenvalue weighted by Crippen LogP contribution is 2.31. The number of unbranched alkanes of at least 4 members (excludes halogenated alkanes) is 5. The summed E-state index contributed by atoms with van der Waals surface area (Å²) in [6.07, 6.45) is 12.2. The van der Waals surface area contributed by atoms with Crippen LogP contribution in [-0.4, -0.2) is 13.2 Å². The lowest BCUT2D eigenvalue weighted by atomic mass is 9.80. The molecule has 2 heteroatoms. The molecule has 0 aliphatic carbocycles. The second kappa shape index (κ2) is 14.4.